The number of benzene rings is 1. The molecule has 0 radical (unpaired) electrons. The van der Waals surface area contributed by atoms with Gasteiger partial charge in [-0.05, 0) is 18.9 Å². The molecular formula is C12H16F3NO. The number of ether oxygens (including phenoxy) is 1. The van der Waals surface area contributed by atoms with Crippen LogP contribution in [0, 0.1) is 6.92 Å². The second-order valence-electron chi connectivity index (χ2n) is 3.98. The number of hydrogen-bond donors (Lipinski definition) is 1. The Morgan fingerprint density at radius 1 is 1.35 bits per heavy atom. The molecule has 0 aliphatic rings. The van der Waals surface area contributed by atoms with E-state index in [9.17, 15) is 13.2 Å². The summed E-state index contributed by atoms with van der Waals surface area (Å²) in [4.78, 5) is 0. The van der Waals surface area contributed by atoms with Crippen LogP contribution in [0.3, 0.4) is 0 Å². The van der Waals surface area contributed by atoms with E-state index in [0.29, 0.717) is 6.42 Å². The summed E-state index contributed by atoms with van der Waals surface area (Å²) >= 11 is 0. The Bertz CT molecular complexity index is 352. The molecule has 1 unspecified atom stereocenters. The van der Waals surface area contributed by atoms with E-state index in [0.717, 1.165) is 11.1 Å². The smallest absolute Gasteiger partial charge is 0.372 e. The molecule has 96 valence electrons. The van der Waals surface area contributed by atoms with Crippen LogP contribution < -0.4 is 5.73 Å². The zero-order valence-corrected chi connectivity index (χ0v) is 9.63. The minimum Gasteiger partial charge on any atom is -0.372 e. The van der Waals surface area contributed by atoms with E-state index < -0.39 is 12.8 Å². The quantitative estimate of drug-likeness (QED) is 0.812. The van der Waals surface area contributed by atoms with Crippen molar-refractivity contribution in [3.8, 4) is 0 Å². The minimum atomic E-state index is -4.27. The van der Waals surface area contributed by atoms with Crippen LogP contribution in [0.4, 0.5) is 13.2 Å². The standard InChI is InChI=1S/C12H16F3NO/c1-9-3-2-4-10(7-9)11(16)5-6-17-8-12(13,14)15/h2-4,7,11H,5-6,8,16H2,1H3. The lowest BCUT2D eigenvalue weighted by molar-refractivity contribution is -0.174. The lowest BCUT2D eigenvalue weighted by Crippen LogP contribution is -2.19. The summed E-state index contributed by atoms with van der Waals surface area (Å²) in [7, 11) is 0. The predicted octanol–water partition coefficient (Wildman–Crippen LogP) is 2.96. The molecule has 0 aromatic heterocycles. The molecule has 2 nitrogen and oxygen atoms in total. The number of rotatable bonds is 5. The van der Waals surface area contributed by atoms with Crippen molar-refractivity contribution in [2.45, 2.75) is 25.6 Å². The van der Waals surface area contributed by atoms with E-state index in [4.69, 9.17) is 5.73 Å². The van der Waals surface area contributed by atoms with E-state index in [-0.39, 0.29) is 12.6 Å². The Hall–Kier alpha value is -1.07. The zero-order valence-electron chi connectivity index (χ0n) is 9.63. The van der Waals surface area contributed by atoms with Crippen molar-refractivity contribution in [2.24, 2.45) is 5.73 Å². The molecule has 0 aliphatic carbocycles. The number of nitrogens with two attached hydrogens (primary N) is 1. The maximum Gasteiger partial charge on any atom is 0.411 e. The van der Waals surface area contributed by atoms with Crippen molar-refractivity contribution in [3.05, 3.63) is 35.4 Å². The van der Waals surface area contributed by atoms with Gasteiger partial charge < -0.3 is 10.5 Å². The maximum atomic E-state index is 11.8. The van der Waals surface area contributed by atoms with Crippen LogP contribution in [0.15, 0.2) is 24.3 Å². The summed E-state index contributed by atoms with van der Waals surface area (Å²) in [5.41, 5.74) is 7.85. The SMILES string of the molecule is Cc1cccc(C(N)CCOCC(F)(F)F)c1. The molecule has 0 heterocycles. The van der Waals surface area contributed by atoms with Gasteiger partial charge in [0.25, 0.3) is 0 Å². The van der Waals surface area contributed by atoms with Gasteiger partial charge >= 0.3 is 6.18 Å². The molecule has 0 saturated heterocycles. The van der Waals surface area contributed by atoms with Gasteiger partial charge in [0.15, 0.2) is 0 Å². The monoisotopic (exact) mass is 247 g/mol. The normalized spacial score (nSPS) is 13.7. The third-order valence-electron chi connectivity index (χ3n) is 2.31. The molecule has 0 amide bonds. The van der Waals surface area contributed by atoms with Crippen LogP contribution in [0.25, 0.3) is 0 Å². The first-order chi connectivity index (χ1) is 7.88. The van der Waals surface area contributed by atoms with Gasteiger partial charge in [-0.3, -0.25) is 0 Å². The Morgan fingerprint density at radius 2 is 2.06 bits per heavy atom. The van der Waals surface area contributed by atoms with Crippen molar-refractivity contribution >= 4 is 0 Å². The predicted molar refractivity (Wildman–Crippen MR) is 59.6 cm³/mol. The number of hydrogen-bond acceptors (Lipinski definition) is 2. The van der Waals surface area contributed by atoms with Gasteiger partial charge in [0.2, 0.25) is 0 Å². The Morgan fingerprint density at radius 3 is 2.65 bits per heavy atom. The molecule has 0 fully saturated rings. The third-order valence-corrected chi connectivity index (χ3v) is 2.31. The molecule has 2 N–H and O–H groups in total. The van der Waals surface area contributed by atoms with Crippen molar-refractivity contribution in [2.75, 3.05) is 13.2 Å². The number of aryl methyl sites for hydroxylation is 1. The van der Waals surface area contributed by atoms with Crippen molar-refractivity contribution in [3.63, 3.8) is 0 Å². The lowest BCUT2D eigenvalue weighted by Gasteiger charge is -2.13. The molecule has 0 spiro atoms. The van der Waals surface area contributed by atoms with Crippen LogP contribution in [-0.2, 0) is 4.74 Å². The fourth-order valence-electron chi connectivity index (χ4n) is 1.47. The molecule has 1 atom stereocenters. The van der Waals surface area contributed by atoms with Gasteiger partial charge in [-0.15, -0.1) is 0 Å². The van der Waals surface area contributed by atoms with Gasteiger partial charge in [-0.2, -0.15) is 13.2 Å². The minimum absolute atomic E-state index is 0.00855. The highest BCUT2D eigenvalue weighted by Crippen LogP contribution is 2.17. The van der Waals surface area contributed by atoms with Gasteiger partial charge in [0.05, 0.1) is 0 Å². The molecule has 0 saturated carbocycles. The summed E-state index contributed by atoms with van der Waals surface area (Å²) in [6.07, 6.45) is -3.90. The second-order valence-corrected chi connectivity index (χ2v) is 3.98. The highest BCUT2D eigenvalue weighted by molar-refractivity contribution is 5.24. The van der Waals surface area contributed by atoms with E-state index >= 15 is 0 Å². The third kappa shape index (κ3) is 5.70. The summed E-state index contributed by atoms with van der Waals surface area (Å²) in [6.45, 7) is 0.735. The fourth-order valence-corrected chi connectivity index (χ4v) is 1.47. The molecule has 0 bridgehead atoms. The van der Waals surface area contributed by atoms with Crippen molar-refractivity contribution in [1.29, 1.82) is 0 Å². The van der Waals surface area contributed by atoms with E-state index in [1.165, 1.54) is 0 Å². The van der Waals surface area contributed by atoms with Gasteiger partial charge in [0.1, 0.15) is 6.61 Å². The summed E-state index contributed by atoms with van der Waals surface area (Å²) in [6, 6.07) is 7.32. The molecule has 1 aromatic rings. The summed E-state index contributed by atoms with van der Waals surface area (Å²) in [5.74, 6) is 0. The molecular weight excluding hydrogens is 231 g/mol. The largest absolute Gasteiger partial charge is 0.411 e. The molecule has 17 heavy (non-hydrogen) atoms. The van der Waals surface area contributed by atoms with E-state index in [1.807, 2.05) is 31.2 Å². The van der Waals surface area contributed by atoms with Gasteiger partial charge in [-0.1, -0.05) is 29.8 Å². The van der Waals surface area contributed by atoms with Crippen LogP contribution in [-0.4, -0.2) is 19.4 Å². The van der Waals surface area contributed by atoms with Crippen LogP contribution >= 0.6 is 0 Å². The van der Waals surface area contributed by atoms with E-state index in [1.54, 1.807) is 0 Å². The molecule has 0 aliphatic heterocycles. The lowest BCUT2D eigenvalue weighted by atomic mass is 10.0. The van der Waals surface area contributed by atoms with Crippen LogP contribution in [0.2, 0.25) is 0 Å². The van der Waals surface area contributed by atoms with Crippen molar-refractivity contribution in [1.82, 2.24) is 0 Å². The number of alkyl halides is 3. The second kappa shape index (κ2) is 6.02. The van der Waals surface area contributed by atoms with Crippen LogP contribution in [0.5, 0.6) is 0 Å². The topological polar surface area (TPSA) is 35.2 Å². The molecule has 1 rings (SSSR count). The Labute approximate surface area is 98.6 Å². The highest BCUT2D eigenvalue weighted by Gasteiger charge is 2.27. The van der Waals surface area contributed by atoms with Crippen molar-refractivity contribution < 1.29 is 17.9 Å². The first-order valence-corrected chi connectivity index (χ1v) is 5.35. The first kappa shape index (κ1) is 14.0. The average Bonchev–Trinajstić information content (AvgIpc) is 2.23. The Kier molecular flexibility index (Phi) is 4.96. The molecule has 5 heteroatoms. The van der Waals surface area contributed by atoms with Crippen LogP contribution in [0.1, 0.15) is 23.6 Å². The Balaban J connectivity index is 2.33. The van der Waals surface area contributed by atoms with Gasteiger partial charge in [-0.25, -0.2) is 0 Å². The fraction of sp³-hybridized carbons (Fsp3) is 0.500. The summed E-state index contributed by atoms with van der Waals surface area (Å²) < 4.78 is 39.9. The number of halogens is 3. The average molecular weight is 247 g/mol. The summed E-state index contributed by atoms with van der Waals surface area (Å²) in [5, 5.41) is 0. The molecule has 1 aromatic carbocycles. The van der Waals surface area contributed by atoms with Gasteiger partial charge in [0, 0.05) is 12.6 Å². The zero-order chi connectivity index (χ0) is 12.9. The first-order valence-electron chi connectivity index (χ1n) is 5.35. The maximum absolute atomic E-state index is 11.8. The highest BCUT2D eigenvalue weighted by atomic mass is 19.4. The van der Waals surface area contributed by atoms with E-state index in [2.05, 4.69) is 4.74 Å².